The van der Waals surface area contributed by atoms with Crippen molar-refractivity contribution < 1.29 is 9.63 Å². The maximum Gasteiger partial charge on any atom is 0.367 e. The molecule has 0 saturated heterocycles. The normalized spacial score (nSPS) is 17.2. The standard InChI is InChI=1S/C12H14N2O2S/c1-4-10-9(12(15)16-13-10)7-8-5-6-11(17-8)14(2)3/h5-7H,4H2,1-3H3/b9-7+. The van der Waals surface area contributed by atoms with E-state index in [1.165, 1.54) is 0 Å². The number of nitrogens with zero attached hydrogens (tertiary/aromatic N) is 2. The van der Waals surface area contributed by atoms with E-state index in [1.807, 2.05) is 44.1 Å². The van der Waals surface area contributed by atoms with E-state index in [-0.39, 0.29) is 5.97 Å². The third-order valence-electron chi connectivity index (χ3n) is 2.44. The molecule has 0 amide bonds. The molecular formula is C12H14N2O2S. The highest BCUT2D eigenvalue weighted by Crippen LogP contribution is 2.27. The molecule has 1 aliphatic heterocycles. The van der Waals surface area contributed by atoms with E-state index >= 15 is 0 Å². The number of rotatable bonds is 3. The lowest BCUT2D eigenvalue weighted by atomic mass is 10.1. The quantitative estimate of drug-likeness (QED) is 0.611. The summed E-state index contributed by atoms with van der Waals surface area (Å²) < 4.78 is 0. The number of hydrogen-bond acceptors (Lipinski definition) is 5. The number of thiophene rings is 1. The van der Waals surface area contributed by atoms with Gasteiger partial charge in [0.2, 0.25) is 0 Å². The van der Waals surface area contributed by atoms with Crippen LogP contribution in [0.3, 0.4) is 0 Å². The van der Waals surface area contributed by atoms with Crippen LogP contribution in [0.2, 0.25) is 0 Å². The second-order valence-corrected chi connectivity index (χ2v) is 4.99. The van der Waals surface area contributed by atoms with Crippen LogP contribution in [-0.4, -0.2) is 25.8 Å². The first kappa shape index (κ1) is 11.9. The molecule has 0 radical (unpaired) electrons. The Morgan fingerprint density at radius 2 is 2.24 bits per heavy atom. The molecule has 0 aromatic carbocycles. The summed E-state index contributed by atoms with van der Waals surface area (Å²) >= 11 is 1.63. The third-order valence-corrected chi connectivity index (χ3v) is 3.64. The van der Waals surface area contributed by atoms with Crippen LogP contribution in [0.15, 0.2) is 22.9 Å². The van der Waals surface area contributed by atoms with Crippen molar-refractivity contribution >= 4 is 34.1 Å². The molecule has 0 spiro atoms. The minimum atomic E-state index is -0.360. The molecule has 0 unspecified atom stereocenters. The SMILES string of the molecule is CCC1=NOC(=O)/C1=C/c1ccc(N(C)C)s1. The zero-order valence-corrected chi connectivity index (χ0v) is 10.9. The average molecular weight is 250 g/mol. The summed E-state index contributed by atoms with van der Waals surface area (Å²) in [4.78, 5) is 19.2. The van der Waals surface area contributed by atoms with Crippen molar-refractivity contribution in [2.24, 2.45) is 5.16 Å². The van der Waals surface area contributed by atoms with Crippen LogP contribution in [0.4, 0.5) is 5.00 Å². The first-order chi connectivity index (χ1) is 8.11. The number of oxime groups is 1. The van der Waals surface area contributed by atoms with Gasteiger partial charge in [-0.05, 0) is 24.6 Å². The molecule has 4 nitrogen and oxygen atoms in total. The van der Waals surface area contributed by atoms with Crippen molar-refractivity contribution in [1.82, 2.24) is 0 Å². The van der Waals surface area contributed by atoms with Crippen LogP contribution < -0.4 is 4.90 Å². The number of hydrogen-bond donors (Lipinski definition) is 0. The maximum atomic E-state index is 11.5. The van der Waals surface area contributed by atoms with Gasteiger partial charge in [-0.2, -0.15) is 0 Å². The molecule has 1 aliphatic rings. The number of carbonyl (C=O) groups is 1. The summed E-state index contributed by atoms with van der Waals surface area (Å²) in [5.41, 5.74) is 1.29. The monoisotopic (exact) mass is 250 g/mol. The molecule has 1 aromatic rings. The average Bonchev–Trinajstić information content (AvgIpc) is 2.88. The minimum Gasteiger partial charge on any atom is -0.370 e. The van der Waals surface area contributed by atoms with Crippen molar-refractivity contribution in [2.45, 2.75) is 13.3 Å². The predicted molar refractivity (Wildman–Crippen MR) is 70.4 cm³/mol. The van der Waals surface area contributed by atoms with Gasteiger partial charge in [0.25, 0.3) is 0 Å². The van der Waals surface area contributed by atoms with Gasteiger partial charge in [-0.1, -0.05) is 12.1 Å². The van der Waals surface area contributed by atoms with Crippen LogP contribution in [0, 0.1) is 0 Å². The Morgan fingerprint density at radius 3 is 2.82 bits per heavy atom. The third kappa shape index (κ3) is 2.39. The molecular weight excluding hydrogens is 236 g/mol. The van der Waals surface area contributed by atoms with Crippen molar-refractivity contribution in [2.75, 3.05) is 19.0 Å². The fraction of sp³-hybridized carbons (Fsp3) is 0.333. The largest absolute Gasteiger partial charge is 0.370 e. The van der Waals surface area contributed by atoms with E-state index in [0.717, 1.165) is 15.6 Å². The van der Waals surface area contributed by atoms with Crippen LogP contribution in [0.5, 0.6) is 0 Å². The van der Waals surface area contributed by atoms with Gasteiger partial charge in [0.05, 0.1) is 16.3 Å². The minimum absolute atomic E-state index is 0.360. The predicted octanol–water partition coefficient (Wildman–Crippen LogP) is 2.52. The van der Waals surface area contributed by atoms with Crippen LogP contribution >= 0.6 is 11.3 Å². The van der Waals surface area contributed by atoms with E-state index in [4.69, 9.17) is 0 Å². The Hall–Kier alpha value is -1.62. The summed E-state index contributed by atoms with van der Waals surface area (Å²) in [5.74, 6) is -0.360. The van der Waals surface area contributed by atoms with Gasteiger partial charge in [-0.3, -0.25) is 0 Å². The highest BCUT2D eigenvalue weighted by molar-refractivity contribution is 7.17. The highest BCUT2D eigenvalue weighted by Gasteiger charge is 2.24. The molecule has 0 bridgehead atoms. The first-order valence-electron chi connectivity index (χ1n) is 5.39. The first-order valence-corrected chi connectivity index (χ1v) is 6.21. The molecule has 0 saturated carbocycles. The van der Waals surface area contributed by atoms with Gasteiger partial charge in [-0.25, -0.2) is 4.79 Å². The molecule has 2 heterocycles. The molecule has 0 N–H and O–H groups in total. The Morgan fingerprint density at radius 1 is 1.47 bits per heavy atom. The Kier molecular flexibility index (Phi) is 3.28. The van der Waals surface area contributed by atoms with Gasteiger partial charge in [0.15, 0.2) is 0 Å². The molecule has 0 atom stereocenters. The van der Waals surface area contributed by atoms with E-state index < -0.39 is 0 Å². The van der Waals surface area contributed by atoms with Gasteiger partial charge >= 0.3 is 5.97 Å². The zero-order valence-electron chi connectivity index (χ0n) is 10.1. The number of carbonyl (C=O) groups excluding carboxylic acids is 1. The zero-order chi connectivity index (χ0) is 12.4. The lowest BCUT2D eigenvalue weighted by Crippen LogP contribution is -2.05. The Balaban J connectivity index is 2.28. The van der Waals surface area contributed by atoms with Crippen molar-refractivity contribution in [1.29, 1.82) is 0 Å². The topological polar surface area (TPSA) is 41.9 Å². The Bertz CT molecular complexity index is 500. The maximum absolute atomic E-state index is 11.5. The summed E-state index contributed by atoms with van der Waals surface area (Å²) in [6, 6.07) is 4.02. The van der Waals surface area contributed by atoms with E-state index in [1.54, 1.807) is 11.3 Å². The molecule has 17 heavy (non-hydrogen) atoms. The fourth-order valence-corrected chi connectivity index (χ4v) is 2.39. The van der Waals surface area contributed by atoms with Crippen LogP contribution in [-0.2, 0) is 9.63 Å². The summed E-state index contributed by atoms with van der Waals surface area (Å²) in [6.07, 6.45) is 2.54. The second-order valence-electron chi connectivity index (χ2n) is 3.90. The molecule has 90 valence electrons. The molecule has 5 heteroatoms. The fourth-order valence-electron chi connectivity index (χ4n) is 1.51. The molecule has 0 fully saturated rings. The van der Waals surface area contributed by atoms with Gasteiger partial charge < -0.3 is 9.74 Å². The van der Waals surface area contributed by atoms with Crippen LogP contribution in [0.25, 0.3) is 6.08 Å². The molecule has 0 aliphatic carbocycles. The van der Waals surface area contributed by atoms with Crippen LogP contribution in [0.1, 0.15) is 18.2 Å². The highest BCUT2D eigenvalue weighted by atomic mass is 32.1. The Labute approximate surface area is 104 Å². The molecule has 2 rings (SSSR count). The summed E-state index contributed by atoms with van der Waals surface area (Å²) in [7, 11) is 3.98. The molecule has 1 aromatic heterocycles. The van der Waals surface area contributed by atoms with Crippen molar-refractivity contribution in [3.8, 4) is 0 Å². The summed E-state index contributed by atoms with van der Waals surface area (Å²) in [6.45, 7) is 1.95. The number of anilines is 1. The van der Waals surface area contributed by atoms with Gasteiger partial charge in [0.1, 0.15) is 0 Å². The van der Waals surface area contributed by atoms with E-state index in [0.29, 0.717) is 12.0 Å². The van der Waals surface area contributed by atoms with E-state index in [2.05, 4.69) is 9.99 Å². The second kappa shape index (κ2) is 4.71. The lowest BCUT2D eigenvalue weighted by molar-refractivity contribution is -0.136. The van der Waals surface area contributed by atoms with Crippen molar-refractivity contribution in [3.05, 3.63) is 22.6 Å². The summed E-state index contributed by atoms with van der Waals surface area (Å²) in [5, 5.41) is 4.90. The van der Waals surface area contributed by atoms with Gasteiger partial charge in [-0.15, -0.1) is 11.3 Å². The van der Waals surface area contributed by atoms with Crippen molar-refractivity contribution in [3.63, 3.8) is 0 Å². The van der Waals surface area contributed by atoms with E-state index in [9.17, 15) is 4.79 Å². The lowest BCUT2D eigenvalue weighted by Gasteiger charge is -2.06. The van der Waals surface area contributed by atoms with Gasteiger partial charge in [0, 0.05) is 19.0 Å². The smallest absolute Gasteiger partial charge is 0.367 e.